The van der Waals surface area contributed by atoms with Crippen LogP contribution in [0.5, 0.6) is 0 Å². The van der Waals surface area contributed by atoms with Gasteiger partial charge in [-0.25, -0.2) is 8.42 Å². The minimum absolute atomic E-state index is 0.168. The molecule has 1 aliphatic rings. The van der Waals surface area contributed by atoms with Gasteiger partial charge in [-0.15, -0.1) is 0 Å². The van der Waals surface area contributed by atoms with E-state index in [1.54, 1.807) is 0 Å². The van der Waals surface area contributed by atoms with Gasteiger partial charge in [0.15, 0.2) is 5.78 Å². The topological polar surface area (TPSA) is 83.6 Å². The number of rotatable bonds is 3. The van der Waals surface area contributed by atoms with Gasteiger partial charge in [-0.3, -0.25) is 9.59 Å². The summed E-state index contributed by atoms with van der Waals surface area (Å²) in [5, 5.41) is 2.27. The molecule has 1 atom stereocenters. The van der Waals surface area contributed by atoms with Crippen molar-refractivity contribution in [3.8, 4) is 0 Å². The van der Waals surface area contributed by atoms with Gasteiger partial charge in [0.2, 0.25) is 10.0 Å². The van der Waals surface area contributed by atoms with Crippen LogP contribution >= 0.6 is 0 Å². The van der Waals surface area contributed by atoms with E-state index in [0.29, 0.717) is 19.4 Å². The molecule has 1 amide bonds. The predicted molar refractivity (Wildman–Crippen MR) is 53.3 cm³/mol. The lowest BCUT2D eigenvalue weighted by molar-refractivity contribution is -0.120. The molecule has 0 bridgehead atoms. The number of ketones is 1. The summed E-state index contributed by atoms with van der Waals surface area (Å²) in [4.78, 5) is 21.6. The highest BCUT2D eigenvalue weighted by atomic mass is 32.2. The molecule has 0 aliphatic carbocycles. The zero-order chi connectivity index (χ0) is 11.5. The van der Waals surface area contributed by atoms with Crippen LogP contribution in [0.25, 0.3) is 0 Å². The third-order valence-electron chi connectivity index (χ3n) is 2.32. The van der Waals surface area contributed by atoms with Crippen molar-refractivity contribution >= 4 is 22.2 Å². The molecule has 0 spiro atoms. The molecule has 0 aromatic carbocycles. The van der Waals surface area contributed by atoms with Crippen molar-refractivity contribution in [3.05, 3.63) is 0 Å². The molecule has 1 fully saturated rings. The molecule has 1 saturated heterocycles. The highest BCUT2D eigenvalue weighted by Crippen LogP contribution is 2.10. The molecule has 0 aromatic rings. The molecule has 1 rings (SSSR count). The van der Waals surface area contributed by atoms with Gasteiger partial charge in [0.05, 0.1) is 18.8 Å². The quantitative estimate of drug-likeness (QED) is 0.610. The molecule has 15 heavy (non-hydrogen) atoms. The van der Waals surface area contributed by atoms with Gasteiger partial charge in [0.1, 0.15) is 0 Å². The zero-order valence-electron chi connectivity index (χ0n) is 8.39. The van der Waals surface area contributed by atoms with Crippen LogP contribution in [0.2, 0.25) is 0 Å². The van der Waals surface area contributed by atoms with E-state index in [0.717, 1.165) is 10.6 Å². The summed E-state index contributed by atoms with van der Waals surface area (Å²) in [7, 11) is -3.33. The van der Waals surface area contributed by atoms with E-state index >= 15 is 0 Å². The first-order valence-electron chi connectivity index (χ1n) is 4.55. The fourth-order valence-electron chi connectivity index (χ4n) is 1.50. The second kappa shape index (κ2) is 4.71. The Morgan fingerprint density at radius 2 is 2.20 bits per heavy atom. The van der Waals surface area contributed by atoms with E-state index in [9.17, 15) is 18.0 Å². The molecule has 85 valence electrons. The Hall–Kier alpha value is -0.950. The Morgan fingerprint density at radius 1 is 1.53 bits per heavy atom. The van der Waals surface area contributed by atoms with Crippen LogP contribution in [0, 0.1) is 0 Å². The maximum Gasteiger partial charge on any atom is 0.309 e. The standard InChI is InChI=1S/C8H13N2O4S/c1-15(13,14)10-4-2-3-7(9-6-11)8(12)5-10/h7H,2-5H2,1H3,(H,9,11). The number of nitrogens with zero attached hydrogens (tertiary/aromatic N) is 1. The monoisotopic (exact) mass is 233 g/mol. The van der Waals surface area contributed by atoms with Crippen LogP contribution in [0.4, 0.5) is 0 Å². The maximum absolute atomic E-state index is 11.5. The molecule has 7 heteroatoms. The van der Waals surface area contributed by atoms with E-state index in [4.69, 9.17) is 0 Å². The number of hydrogen-bond acceptors (Lipinski definition) is 4. The third kappa shape index (κ3) is 3.28. The fraction of sp³-hybridized carbons (Fsp3) is 0.750. The summed E-state index contributed by atoms with van der Waals surface area (Å²) < 4.78 is 23.6. The van der Waals surface area contributed by atoms with E-state index in [2.05, 4.69) is 5.32 Å². The van der Waals surface area contributed by atoms with Gasteiger partial charge in [-0.05, 0) is 12.8 Å². The summed E-state index contributed by atoms with van der Waals surface area (Å²) in [6, 6.07) is -0.603. The third-order valence-corrected chi connectivity index (χ3v) is 3.57. The van der Waals surface area contributed by atoms with E-state index in [1.165, 1.54) is 6.41 Å². The first kappa shape index (κ1) is 12.1. The smallest absolute Gasteiger partial charge is 0.309 e. The predicted octanol–water partition coefficient (Wildman–Crippen LogP) is -1.36. The molecular weight excluding hydrogens is 220 g/mol. The number of nitrogens with one attached hydrogen (secondary N) is 1. The molecule has 1 aliphatic heterocycles. The minimum Gasteiger partial charge on any atom is -0.338 e. The first-order valence-corrected chi connectivity index (χ1v) is 6.40. The average Bonchev–Trinajstić information content (AvgIpc) is 2.29. The molecule has 1 radical (unpaired) electrons. The van der Waals surface area contributed by atoms with Crippen molar-refractivity contribution in [3.63, 3.8) is 0 Å². The summed E-state index contributed by atoms with van der Waals surface area (Å²) >= 11 is 0. The average molecular weight is 233 g/mol. The summed E-state index contributed by atoms with van der Waals surface area (Å²) in [5.74, 6) is -0.290. The van der Waals surface area contributed by atoms with E-state index in [1.807, 2.05) is 0 Å². The molecule has 1 N–H and O–H groups in total. The van der Waals surface area contributed by atoms with E-state index in [-0.39, 0.29) is 12.3 Å². The van der Waals surface area contributed by atoms with Gasteiger partial charge in [0, 0.05) is 6.54 Å². The van der Waals surface area contributed by atoms with Crippen molar-refractivity contribution in [1.82, 2.24) is 9.62 Å². The van der Waals surface area contributed by atoms with Crippen LogP contribution in [-0.4, -0.2) is 50.3 Å². The van der Waals surface area contributed by atoms with E-state index < -0.39 is 16.1 Å². The second-order valence-electron chi connectivity index (χ2n) is 3.50. The number of carbonyl (C=O) groups is 1. The largest absolute Gasteiger partial charge is 0.338 e. The SMILES string of the molecule is CS(=O)(=O)N1CCCC(N[C]=O)C(=O)C1. The molecular formula is C8H13N2O4S. The number of hydrogen-bond donors (Lipinski definition) is 1. The lowest BCUT2D eigenvalue weighted by Gasteiger charge is -2.16. The molecule has 0 saturated carbocycles. The van der Waals surface area contributed by atoms with Gasteiger partial charge < -0.3 is 5.32 Å². The van der Waals surface area contributed by atoms with Crippen molar-refractivity contribution in [1.29, 1.82) is 0 Å². The number of sulfonamides is 1. The lowest BCUT2D eigenvalue weighted by atomic mass is 10.1. The van der Waals surface area contributed by atoms with Crippen molar-refractivity contribution < 1.29 is 18.0 Å². The molecule has 0 aromatic heterocycles. The van der Waals surface area contributed by atoms with Crippen LogP contribution in [0.1, 0.15) is 12.8 Å². The minimum atomic E-state index is -3.33. The summed E-state index contributed by atoms with van der Waals surface area (Å²) in [6.07, 6.45) is 3.54. The van der Waals surface area contributed by atoms with Crippen molar-refractivity contribution in [2.75, 3.05) is 19.3 Å². The Balaban J connectivity index is 2.73. The van der Waals surface area contributed by atoms with Gasteiger partial charge in [-0.1, -0.05) is 0 Å². The normalized spacial score (nSPS) is 24.6. The Bertz CT molecular complexity index is 352. The summed E-state index contributed by atoms with van der Waals surface area (Å²) in [6.45, 7) is 0.153. The zero-order valence-corrected chi connectivity index (χ0v) is 9.21. The Kier molecular flexibility index (Phi) is 3.81. The summed E-state index contributed by atoms with van der Waals surface area (Å²) in [5.41, 5.74) is 0. The second-order valence-corrected chi connectivity index (χ2v) is 5.49. The Labute approximate surface area is 88.7 Å². The molecule has 1 unspecified atom stereocenters. The van der Waals surface area contributed by atoms with Crippen LogP contribution < -0.4 is 5.32 Å². The number of carbonyl (C=O) groups excluding carboxylic acids is 2. The Morgan fingerprint density at radius 3 is 2.73 bits per heavy atom. The van der Waals surface area contributed by atoms with Gasteiger partial charge in [0.25, 0.3) is 0 Å². The lowest BCUT2D eigenvalue weighted by Crippen LogP contribution is -2.41. The molecule has 1 heterocycles. The van der Waals surface area contributed by atoms with Crippen LogP contribution in [-0.2, 0) is 19.6 Å². The highest BCUT2D eigenvalue weighted by Gasteiger charge is 2.28. The first-order chi connectivity index (χ1) is 6.95. The fourth-order valence-corrected chi connectivity index (χ4v) is 2.33. The van der Waals surface area contributed by atoms with Crippen molar-refractivity contribution in [2.45, 2.75) is 18.9 Å². The molecule has 6 nitrogen and oxygen atoms in total. The van der Waals surface area contributed by atoms with Crippen LogP contribution in [0.15, 0.2) is 0 Å². The number of Topliss-reactive ketones (excluding diaryl/α,β-unsaturated/α-hetero) is 1. The highest BCUT2D eigenvalue weighted by molar-refractivity contribution is 7.88. The maximum atomic E-state index is 11.5. The van der Waals surface area contributed by atoms with Gasteiger partial charge in [-0.2, -0.15) is 4.31 Å². The van der Waals surface area contributed by atoms with Crippen molar-refractivity contribution in [2.24, 2.45) is 0 Å². The van der Waals surface area contributed by atoms with Gasteiger partial charge >= 0.3 is 6.41 Å². The number of amides is 1. The van der Waals surface area contributed by atoms with Crippen LogP contribution in [0.3, 0.4) is 0 Å².